The van der Waals surface area contributed by atoms with Crippen LogP contribution in [0.1, 0.15) is 19.8 Å². The maximum Gasteiger partial charge on any atom is 0.310 e. The van der Waals surface area contributed by atoms with E-state index in [4.69, 9.17) is 4.74 Å². The Kier molecular flexibility index (Phi) is 5.62. The van der Waals surface area contributed by atoms with Gasteiger partial charge in [-0.1, -0.05) is 0 Å². The van der Waals surface area contributed by atoms with Gasteiger partial charge in [0, 0.05) is 18.9 Å². The summed E-state index contributed by atoms with van der Waals surface area (Å²) in [4.78, 5) is 33.5. The van der Waals surface area contributed by atoms with Gasteiger partial charge < -0.3 is 4.74 Å². The first-order valence-corrected chi connectivity index (χ1v) is 7.15. The minimum absolute atomic E-state index is 0.139. The summed E-state index contributed by atoms with van der Waals surface area (Å²) in [6.45, 7) is 3.78. The molecule has 0 bridgehead atoms. The van der Waals surface area contributed by atoms with Crippen LogP contribution < -0.4 is 5.32 Å². The van der Waals surface area contributed by atoms with Crippen LogP contribution in [0.3, 0.4) is 0 Å². The van der Waals surface area contributed by atoms with Gasteiger partial charge in [-0.15, -0.1) is 0 Å². The third kappa shape index (κ3) is 4.78. The first-order valence-electron chi connectivity index (χ1n) is 7.15. The summed E-state index contributed by atoms with van der Waals surface area (Å²) in [7, 11) is 0. The first-order chi connectivity index (χ1) is 10.2. The summed E-state index contributed by atoms with van der Waals surface area (Å²) in [5.74, 6) is -0.194. The maximum absolute atomic E-state index is 11.9. The van der Waals surface area contributed by atoms with E-state index in [1.54, 1.807) is 25.4 Å². The lowest BCUT2D eigenvalue weighted by Gasteiger charge is -2.30. The topological polar surface area (TPSA) is 84.4 Å². The lowest BCUT2D eigenvalue weighted by molar-refractivity contribution is -0.150. The molecule has 7 heteroatoms. The van der Waals surface area contributed by atoms with Gasteiger partial charge in [0.05, 0.1) is 19.1 Å². The molecule has 1 aliphatic rings. The third-order valence-corrected chi connectivity index (χ3v) is 3.31. The predicted octanol–water partition coefficient (Wildman–Crippen LogP) is 0.690. The monoisotopic (exact) mass is 292 g/mol. The molecule has 0 saturated carbocycles. The van der Waals surface area contributed by atoms with Gasteiger partial charge in [-0.2, -0.15) is 0 Å². The number of nitrogens with one attached hydrogen (secondary N) is 1. The highest BCUT2D eigenvalue weighted by Crippen LogP contribution is 2.17. The summed E-state index contributed by atoms with van der Waals surface area (Å²) >= 11 is 0. The van der Waals surface area contributed by atoms with Gasteiger partial charge in [-0.25, -0.2) is 9.97 Å². The zero-order valence-electron chi connectivity index (χ0n) is 12.1. The molecule has 2 rings (SSSR count). The number of rotatable bonds is 5. The largest absolute Gasteiger partial charge is 0.466 e. The molecule has 0 radical (unpaired) electrons. The molecule has 1 fully saturated rings. The molecule has 2 heterocycles. The highest BCUT2D eigenvalue weighted by Gasteiger charge is 2.27. The molecule has 1 aromatic rings. The van der Waals surface area contributed by atoms with Crippen molar-refractivity contribution in [3.8, 4) is 0 Å². The zero-order chi connectivity index (χ0) is 15.1. The molecule has 21 heavy (non-hydrogen) atoms. The molecule has 0 unspecified atom stereocenters. The highest BCUT2D eigenvalue weighted by molar-refractivity contribution is 5.90. The second-order valence-corrected chi connectivity index (χ2v) is 4.95. The summed E-state index contributed by atoms with van der Waals surface area (Å²) < 4.78 is 5.04. The van der Waals surface area contributed by atoms with Gasteiger partial charge in [-0.05, 0) is 32.4 Å². The van der Waals surface area contributed by atoms with Crippen molar-refractivity contribution in [2.45, 2.75) is 19.8 Å². The SMILES string of the molecule is CCOC(=O)[C@@H]1CCCN(CC(=O)Nc2ncccn2)C1. The molecule has 1 saturated heterocycles. The fraction of sp³-hybridized carbons (Fsp3) is 0.571. The Hall–Kier alpha value is -2.02. The van der Waals surface area contributed by atoms with Crippen LogP contribution in [0.5, 0.6) is 0 Å². The number of likely N-dealkylation sites (tertiary alicyclic amines) is 1. The molecule has 0 aliphatic carbocycles. The van der Waals surface area contributed by atoms with Gasteiger partial charge >= 0.3 is 5.97 Å². The van der Waals surface area contributed by atoms with Crippen molar-refractivity contribution < 1.29 is 14.3 Å². The Morgan fingerprint density at radius 3 is 2.90 bits per heavy atom. The number of amides is 1. The smallest absolute Gasteiger partial charge is 0.310 e. The van der Waals surface area contributed by atoms with Crippen LogP contribution in [0.25, 0.3) is 0 Å². The van der Waals surface area contributed by atoms with Crippen LogP contribution in [0, 0.1) is 5.92 Å². The standard InChI is InChI=1S/C14H20N4O3/c1-2-21-13(20)11-5-3-8-18(9-11)10-12(19)17-14-15-6-4-7-16-14/h4,6-7,11H,2-3,5,8-10H2,1H3,(H,15,16,17,19)/t11-/m1/s1. The van der Waals surface area contributed by atoms with E-state index in [9.17, 15) is 9.59 Å². The molecule has 0 spiro atoms. The molecule has 1 atom stereocenters. The molecule has 1 aliphatic heterocycles. The Balaban J connectivity index is 1.82. The van der Waals surface area contributed by atoms with Crippen molar-refractivity contribution in [2.75, 3.05) is 31.6 Å². The Labute approximate surface area is 123 Å². The number of carbonyl (C=O) groups is 2. The molecule has 1 N–H and O–H groups in total. The summed E-state index contributed by atoms with van der Waals surface area (Å²) in [6, 6.07) is 1.68. The normalized spacial score (nSPS) is 19.0. The molecule has 114 valence electrons. The first kappa shape index (κ1) is 15.4. The quantitative estimate of drug-likeness (QED) is 0.804. The van der Waals surface area contributed by atoms with Gasteiger partial charge in [0.25, 0.3) is 0 Å². The van der Waals surface area contributed by atoms with E-state index in [-0.39, 0.29) is 24.3 Å². The summed E-state index contributed by atoms with van der Waals surface area (Å²) in [6.07, 6.45) is 4.85. The van der Waals surface area contributed by atoms with Crippen LogP contribution in [0.2, 0.25) is 0 Å². The lowest BCUT2D eigenvalue weighted by Crippen LogP contribution is -2.43. The van der Waals surface area contributed by atoms with E-state index < -0.39 is 0 Å². The third-order valence-electron chi connectivity index (χ3n) is 3.31. The van der Waals surface area contributed by atoms with E-state index in [2.05, 4.69) is 15.3 Å². The minimum atomic E-state index is -0.175. The second-order valence-electron chi connectivity index (χ2n) is 4.95. The highest BCUT2D eigenvalue weighted by atomic mass is 16.5. The van der Waals surface area contributed by atoms with Gasteiger partial charge in [-0.3, -0.25) is 19.8 Å². The average molecular weight is 292 g/mol. The lowest BCUT2D eigenvalue weighted by atomic mass is 9.98. The second kappa shape index (κ2) is 7.68. The molecule has 1 amide bonds. The van der Waals surface area contributed by atoms with E-state index in [0.717, 1.165) is 19.4 Å². The Bertz CT molecular complexity index is 480. The zero-order valence-corrected chi connectivity index (χ0v) is 12.1. The number of carbonyl (C=O) groups excluding carboxylic acids is 2. The van der Waals surface area contributed by atoms with Crippen molar-refractivity contribution >= 4 is 17.8 Å². The van der Waals surface area contributed by atoms with Crippen molar-refractivity contribution in [3.63, 3.8) is 0 Å². The van der Waals surface area contributed by atoms with Gasteiger partial charge in [0.1, 0.15) is 0 Å². The summed E-state index contributed by atoms with van der Waals surface area (Å²) in [5, 5.41) is 2.64. The number of hydrogen-bond acceptors (Lipinski definition) is 6. The van der Waals surface area contributed by atoms with Crippen molar-refractivity contribution in [1.82, 2.24) is 14.9 Å². The Morgan fingerprint density at radius 1 is 1.43 bits per heavy atom. The predicted molar refractivity (Wildman–Crippen MR) is 76.5 cm³/mol. The van der Waals surface area contributed by atoms with Gasteiger partial charge in [0.2, 0.25) is 11.9 Å². The van der Waals surface area contributed by atoms with Crippen molar-refractivity contribution in [2.24, 2.45) is 5.92 Å². The van der Waals surface area contributed by atoms with Crippen molar-refractivity contribution in [3.05, 3.63) is 18.5 Å². The average Bonchev–Trinajstić information content (AvgIpc) is 2.48. The molecule has 1 aromatic heterocycles. The van der Waals surface area contributed by atoms with E-state index in [1.165, 1.54) is 0 Å². The number of ether oxygens (including phenoxy) is 1. The van der Waals surface area contributed by atoms with Crippen LogP contribution in [0.4, 0.5) is 5.95 Å². The number of hydrogen-bond donors (Lipinski definition) is 1. The number of esters is 1. The molecule has 7 nitrogen and oxygen atoms in total. The number of piperidine rings is 1. The van der Waals surface area contributed by atoms with Crippen LogP contribution >= 0.6 is 0 Å². The Morgan fingerprint density at radius 2 is 2.19 bits per heavy atom. The van der Waals surface area contributed by atoms with Gasteiger partial charge in [0.15, 0.2) is 0 Å². The maximum atomic E-state index is 11.9. The van der Waals surface area contributed by atoms with E-state index in [0.29, 0.717) is 19.1 Å². The fourth-order valence-corrected chi connectivity index (χ4v) is 2.38. The fourth-order valence-electron chi connectivity index (χ4n) is 2.38. The molecular weight excluding hydrogens is 272 g/mol. The van der Waals surface area contributed by atoms with Crippen LogP contribution in [-0.4, -0.2) is 53.0 Å². The van der Waals surface area contributed by atoms with Crippen LogP contribution in [0.15, 0.2) is 18.5 Å². The molecule has 0 aromatic carbocycles. The van der Waals surface area contributed by atoms with E-state index in [1.807, 2.05) is 4.90 Å². The summed E-state index contributed by atoms with van der Waals surface area (Å²) in [5.41, 5.74) is 0. The van der Waals surface area contributed by atoms with Crippen LogP contribution in [-0.2, 0) is 14.3 Å². The van der Waals surface area contributed by atoms with Crippen molar-refractivity contribution in [1.29, 1.82) is 0 Å². The number of anilines is 1. The minimum Gasteiger partial charge on any atom is -0.466 e. The molecular formula is C14H20N4O3. The van der Waals surface area contributed by atoms with E-state index >= 15 is 0 Å². The number of nitrogens with zero attached hydrogens (tertiary/aromatic N) is 3. The number of aromatic nitrogens is 2.